The average molecular weight is 235 g/mol. The molecular formula is C14H25N3. The van der Waals surface area contributed by atoms with Gasteiger partial charge in [-0.15, -0.1) is 0 Å². The topological polar surface area (TPSA) is 29.9 Å². The summed E-state index contributed by atoms with van der Waals surface area (Å²) < 4.78 is 2.17. The monoisotopic (exact) mass is 235 g/mol. The number of aromatic nitrogens is 2. The van der Waals surface area contributed by atoms with Crippen LogP contribution in [0.15, 0.2) is 0 Å². The molecule has 0 amide bonds. The Balaban J connectivity index is 1.99. The molecule has 0 atom stereocenters. The van der Waals surface area contributed by atoms with Gasteiger partial charge in [0.05, 0.1) is 5.69 Å². The van der Waals surface area contributed by atoms with Crippen LogP contribution in [-0.2, 0) is 6.54 Å². The normalized spacial score (nSPS) is 16.5. The van der Waals surface area contributed by atoms with Gasteiger partial charge in [-0.05, 0) is 44.6 Å². The first-order valence-electron chi connectivity index (χ1n) is 6.63. The van der Waals surface area contributed by atoms with Gasteiger partial charge in [-0.25, -0.2) is 0 Å². The van der Waals surface area contributed by atoms with Gasteiger partial charge in [0.25, 0.3) is 0 Å². The van der Waals surface area contributed by atoms with Crippen LogP contribution in [0.25, 0.3) is 0 Å². The lowest BCUT2D eigenvalue weighted by Gasteiger charge is -2.25. The summed E-state index contributed by atoms with van der Waals surface area (Å²) in [7, 11) is 0. The maximum Gasteiger partial charge on any atom is 0.0625 e. The van der Waals surface area contributed by atoms with Gasteiger partial charge in [-0.1, -0.05) is 13.8 Å². The number of aryl methyl sites for hydroxylation is 1. The SMILES string of the molecule is Cc1nn(CC(C)(C)CNC2CC2)c(C)c1C. The first-order valence-corrected chi connectivity index (χ1v) is 6.63. The molecule has 1 aromatic heterocycles. The van der Waals surface area contributed by atoms with E-state index in [4.69, 9.17) is 0 Å². The Kier molecular flexibility index (Phi) is 3.30. The quantitative estimate of drug-likeness (QED) is 0.850. The molecule has 1 heterocycles. The molecule has 0 spiro atoms. The highest BCUT2D eigenvalue weighted by Crippen LogP contribution is 2.24. The Morgan fingerprint density at radius 1 is 1.29 bits per heavy atom. The van der Waals surface area contributed by atoms with Crippen molar-refractivity contribution in [3.8, 4) is 0 Å². The maximum atomic E-state index is 4.63. The molecule has 0 aliphatic heterocycles. The molecule has 0 bridgehead atoms. The fourth-order valence-corrected chi connectivity index (χ4v) is 2.11. The van der Waals surface area contributed by atoms with E-state index in [-0.39, 0.29) is 5.41 Å². The van der Waals surface area contributed by atoms with E-state index in [1.165, 1.54) is 24.1 Å². The van der Waals surface area contributed by atoms with Gasteiger partial charge in [0.1, 0.15) is 0 Å². The summed E-state index contributed by atoms with van der Waals surface area (Å²) in [6.07, 6.45) is 2.71. The summed E-state index contributed by atoms with van der Waals surface area (Å²) in [5.41, 5.74) is 4.06. The van der Waals surface area contributed by atoms with Crippen molar-refractivity contribution < 1.29 is 0 Å². The molecule has 1 N–H and O–H groups in total. The van der Waals surface area contributed by atoms with Gasteiger partial charge < -0.3 is 5.32 Å². The van der Waals surface area contributed by atoms with Crippen molar-refractivity contribution in [2.24, 2.45) is 5.41 Å². The predicted molar refractivity (Wildman–Crippen MR) is 71.2 cm³/mol. The van der Waals surface area contributed by atoms with Gasteiger partial charge in [-0.3, -0.25) is 4.68 Å². The first-order chi connectivity index (χ1) is 7.89. The Hall–Kier alpha value is -0.830. The molecule has 3 nitrogen and oxygen atoms in total. The average Bonchev–Trinajstić information content (AvgIpc) is 3.03. The van der Waals surface area contributed by atoms with E-state index < -0.39 is 0 Å². The van der Waals surface area contributed by atoms with E-state index in [9.17, 15) is 0 Å². The second-order valence-corrected chi connectivity index (χ2v) is 6.27. The third-order valence-corrected chi connectivity index (χ3v) is 3.77. The van der Waals surface area contributed by atoms with E-state index >= 15 is 0 Å². The van der Waals surface area contributed by atoms with Gasteiger partial charge in [-0.2, -0.15) is 5.10 Å². The molecule has 1 aliphatic rings. The fraction of sp³-hybridized carbons (Fsp3) is 0.786. The van der Waals surface area contributed by atoms with Crippen LogP contribution in [0.2, 0.25) is 0 Å². The highest BCUT2D eigenvalue weighted by Gasteiger charge is 2.26. The van der Waals surface area contributed by atoms with E-state index in [0.29, 0.717) is 0 Å². The van der Waals surface area contributed by atoms with Crippen LogP contribution in [0.5, 0.6) is 0 Å². The van der Waals surface area contributed by atoms with Gasteiger partial charge in [0.15, 0.2) is 0 Å². The van der Waals surface area contributed by atoms with Crippen molar-refractivity contribution in [2.45, 2.75) is 60.0 Å². The molecular weight excluding hydrogens is 210 g/mol. The molecule has 1 aromatic rings. The minimum atomic E-state index is 0.262. The van der Waals surface area contributed by atoms with Crippen molar-refractivity contribution in [1.29, 1.82) is 0 Å². The van der Waals surface area contributed by atoms with Crippen molar-refractivity contribution in [3.05, 3.63) is 17.0 Å². The van der Waals surface area contributed by atoms with Gasteiger partial charge in [0, 0.05) is 24.8 Å². The smallest absolute Gasteiger partial charge is 0.0625 e. The van der Waals surface area contributed by atoms with Gasteiger partial charge >= 0.3 is 0 Å². The second-order valence-electron chi connectivity index (χ2n) is 6.27. The van der Waals surface area contributed by atoms with E-state index in [0.717, 1.165) is 24.8 Å². The lowest BCUT2D eigenvalue weighted by atomic mass is 9.93. The molecule has 1 fully saturated rings. The zero-order valence-corrected chi connectivity index (χ0v) is 11.8. The van der Waals surface area contributed by atoms with Crippen molar-refractivity contribution in [3.63, 3.8) is 0 Å². The predicted octanol–water partition coefficient (Wildman–Crippen LogP) is 2.59. The minimum absolute atomic E-state index is 0.262. The lowest BCUT2D eigenvalue weighted by molar-refractivity contribution is 0.272. The third-order valence-electron chi connectivity index (χ3n) is 3.77. The number of rotatable bonds is 5. The second kappa shape index (κ2) is 4.45. The Morgan fingerprint density at radius 3 is 2.41 bits per heavy atom. The number of hydrogen-bond acceptors (Lipinski definition) is 2. The molecule has 0 saturated heterocycles. The fourth-order valence-electron chi connectivity index (χ4n) is 2.11. The van der Waals surface area contributed by atoms with Crippen LogP contribution in [0.4, 0.5) is 0 Å². The first kappa shape index (κ1) is 12.6. The zero-order chi connectivity index (χ0) is 12.6. The van der Waals surface area contributed by atoms with Crippen LogP contribution in [0.3, 0.4) is 0 Å². The van der Waals surface area contributed by atoms with Gasteiger partial charge in [0.2, 0.25) is 0 Å². The lowest BCUT2D eigenvalue weighted by Crippen LogP contribution is -2.34. The highest BCUT2D eigenvalue weighted by molar-refractivity contribution is 5.22. The molecule has 1 saturated carbocycles. The van der Waals surface area contributed by atoms with E-state index in [2.05, 4.69) is 49.7 Å². The molecule has 17 heavy (non-hydrogen) atoms. The molecule has 96 valence electrons. The van der Waals surface area contributed by atoms with Crippen molar-refractivity contribution in [1.82, 2.24) is 15.1 Å². The standard InChI is InChI=1S/C14H25N3/c1-10-11(2)16-17(12(10)3)9-14(4,5)8-15-13-6-7-13/h13,15H,6-9H2,1-5H3. The molecule has 1 aliphatic carbocycles. The Bertz CT molecular complexity index is 400. The molecule has 0 aromatic carbocycles. The number of nitrogens with one attached hydrogen (secondary N) is 1. The van der Waals surface area contributed by atoms with E-state index in [1.54, 1.807) is 0 Å². The summed E-state index contributed by atoms with van der Waals surface area (Å²) in [5, 5.41) is 8.24. The van der Waals surface area contributed by atoms with Crippen LogP contribution in [0.1, 0.15) is 43.6 Å². The Morgan fingerprint density at radius 2 is 1.94 bits per heavy atom. The number of nitrogens with zero attached hydrogens (tertiary/aromatic N) is 2. The summed E-state index contributed by atoms with van der Waals surface area (Å²) in [5.74, 6) is 0. The molecule has 0 radical (unpaired) electrons. The van der Waals surface area contributed by atoms with Crippen LogP contribution >= 0.6 is 0 Å². The summed E-state index contributed by atoms with van der Waals surface area (Å²) in [4.78, 5) is 0. The molecule has 2 rings (SSSR count). The molecule has 0 unspecified atom stereocenters. The summed E-state index contributed by atoms with van der Waals surface area (Å²) >= 11 is 0. The Labute approximate surface area is 105 Å². The van der Waals surface area contributed by atoms with E-state index in [1.807, 2.05) is 0 Å². The van der Waals surface area contributed by atoms with Crippen molar-refractivity contribution in [2.75, 3.05) is 6.54 Å². The maximum absolute atomic E-state index is 4.63. The largest absolute Gasteiger partial charge is 0.313 e. The minimum Gasteiger partial charge on any atom is -0.313 e. The summed E-state index contributed by atoms with van der Waals surface area (Å²) in [6.45, 7) is 13.1. The van der Waals surface area contributed by atoms with Crippen molar-refractivity contribution >= 4 is 0 Å². The number of hydrogen-bond donors (Lipinski definition) is 1. The van der Waals surface area contributed by atoms with Crippen LogP contribution < -0.4 is 5.32 Å². The van der Waals surface area contributed by atoms with Crippen LogP contribution in [0, 0.1) is 26.2 Å². The molecule has 3 heteroatoms. The van der Waals surface area contributed by atoms with Crippen LogP contribution in [-0.4, -0.2) is 22.4 Å². The zero-order valence-electron chi connectivity index (χ0n) is 11.8. The summed E-state index contributed by atoms with van der Waals surface area (Å²) in [6, 6.07) is 0.788. The third kappa shape index (κ3) is 3.09. The highest BCUT2D eigenvalue weighted by atomic mass is 15.3.